The van der Waals surface area contributed by atoms with Gasteiger partial charge in [0.1, 0.15) is 0 Å². The molecule has 0 aromatic carbocycles. The van der Waals surface area contributed by atoms with Gasteiger partial charge < -0.3 is 9.84 Å². The molecule has 0 heterocycles. The lowest BCUT2D eigenvalue weighted by atomic mass is 9.76. The molecule has 0 bridgehead atoms. The number of ether oxygens (including phenoxy) is 1. The normalized spacial score (nSPS) is 39.3. The van der Waals surface area contributed by atoms with Crippen LogP contribution < -0.4 is 0 Å². The molecule has 0 aromatic rings. The van der Waals surface area contributed by atoms with Crippen LogP contribution in [-0.4, -0.2) is 23.4 Å². The number of aliphatic hydroxyl groups is 1. The van der Waals surface area contributed by atoms with Crippen LogP contribution in [0.5, 0.6) is 0 Å². The smallest absolute Gasteiger partial charge is 0.0694 e. The van der Waals surface area contributed by atoms with Gasteiger partial charge in [-0.3, -0.25) is 0 Å². The van der Waals surface area contributed by atoms with E-state index in [1.165, 1.54) is 0 Å². The Morgan fingerprint density at radius 3 is 2.50 bits per heavy atom. The summed E-state index contributed by atoms with van der Waals surface area (Å²) < 4.78 is 5.32. The second kappa shape index (κ2) is 2.89. The highest BCUT2D eigenvalue weighted by Gasteiger charge is 2.41. The van der Waals surface area contributed by atoms with Crippen molar-refractivity contribution in [2.24, 2.45) is 0 Å². The summed E-state index contributed by atoms with van der Waals surface area (Å²) in [6.45, 7) is 4.77. The standard InChI is InChI=1S/C8H16O2/c1-3-8(9)5-7(6-8)10-4-2/h7,9H,3-6H2,1-2H3. The van der Waals surface area contributed by atoms with E-state index >= 15 is 0 Å². The van der Waals surface area contributed by atoms with Crippen LogP contribution in [0, 0.1) is 0 Å². The Kier molecular flexibility index (Phi) is 2.32. The summed E-state index contributed by atoms with van der Waals surface area (Å²) >= 11 is 0. The largest absolute Gasteiger partial charge is 0.390 e. The fraction of sp³-hybridized carbons (Fsp3) is 1.00. The summed E-state index contributed by atoms with van der Waals surface area (Å²) in [6, 6.07) is 0. The SMILES string of the molecule is CCOC1CC(O)(CC)C1. The minimum absolute atomic E-state index is 0.329. The van der Waals surface area contributed by atoms with E-state index in [4.69, 9.17) is 4.74 Å². The maximum absolute atomic E-state index is 9.54. The molecule has 0 radical (unpaired) electrons. The molecule has 1 N–H and O–H groups in total. The van der Waals surface area contributed by atoms with Gasteiger partial charge in [-0.25, -0.2) is 0 Å². The third kappa shape index (κ3) is 1.50. The molecule has 0 atom stereocenters. The molecule has 2 nitrogen and oxygen atoms in total. The van der Waals surface area contributed by atoms with Crippen LogP contribution in [0.1, 0.15) is 33.1 Å². The summed E-state index contributed by atoms with van der Waals surface area (Å²) in [7, 11) is 0. The monoisotopic (exact) mass is 144 g/mol. The van der Waals surface area contributed by atoms with Crippen molar-refractivity contribution in [1.82, 2.24) is 0 Å². The first-order valence-electron chi connectivity index (χ1n) is 4.04. The molecule has 0 aliphatic heterocycles. The Labute approximate surface area is 62.2 Å². The van der Waals surface area contributed by atoms with Crippen molar-refractivity contribution < 1.29 is 9.84 Å². The van der Waals surface area contributed by atoms with Crippen LogP contribution >= 0.6 is 0 Å². The first kappa shape index (κ1) is 8.02. The maximum Gasteiger partial charge on any atom is 0.0694 e. The number of rotatable bonds is 3. The van der Waals surface area contributed by atoms with E-state index in [9.17, 15) is 5.11 Å². The fourth-order valence-electron chi connectivity index (χ4n) is 1.43. The van der Waals surface area contributed by atoms with Gasteiger partial charge in [-0.05, 0) is 13.3 Å². The van der Waals surface area contributed by atoms with Crippen molar-refractivity contribution in [3.63, 3.8) is 0 Å². The zero-order valence-electron chi connectivity index (χ0n) is 6.76. The summed E-state index contributed by atoms with van der Waals surface area (Å²) in [5, 5.41) is 9.54. The van der Waals surface area contributed by atoms with Crippen LogP contribution in [-0.2, 0) is 4.74 Å². The van der Waals surface area contributed by atoms with E-state index in [1.807, 2.05) is 13.8 Å². The minimum atomic E-state index is -0.389. The second-order valence-corrected chi connectivity index (χ2v) is 3.06. The Balaban J connectivity index is 2.16. The molecule has 60 valence electrons. The van der Waals surface area contributed by atoms with Crippen LogP contribution in [0.3, 0.4) is 0 Å². The zero-order chi connectivity index (χ0) is 7.61. The first-order valence-corrected chi connectivity index (χ1v) is 4.04. The van der Waals surface area contributed by atoms with Gasteiger partial charge in [-0.2, -0.15) is 0 Å². The third-order valence-electron chi connectivity index (χ3n) is 2.28. The highest BCUT2D eigenvalue weighted by atomic mass is 16.5. The van der Waals surface area contributed by atoms with Crippen molar-refractivity contribution in [2.45, 2.75) is 44.8 Å². The summed E-state index contributed by atoms with van der Waals surface area (Å²) in [5.74, 6) is 0. The predicted octanol–water partition coefficient (Wildman–Crippen LogP) is 1.33. The second-order valence-electron chi connectivity index (χ2n) is 3.06. The van der Waals surface area contributed by atoms with Gasteiger partial charge in [-0.1, -0.05) is 6.92 Å². The Morgan fingerprint density at radius 1 is 1.50 bits per heavy atom. The quantitative estimate of drug-likeness (QED) is 0.647. The first-order chi connectivity index (χ1) is 4.70. The van der Waals surface area contributed by atoms with E-state index < -0.39 is 0 Å². The lowest BCUT2D eigenvalue weighted by Gasteiger charge is -2.42. The molecule has 1 saturated carbocycles. The van der Waals surface area contributed by atoms with Gasteiger partial charge in [0.15, 0.2) is 0 Å². The van der Waals surface area contributed by atoms with Crippen LogP contribution in [0.25, 0.3) is 0 Å². The molecule has 1 fully saturated rings. The van der Waals surface area contributed by atoms with Crippen molar-refractivity contribution in [3.05, 3.63) is 0 Å². The Hall–Kier alpha value is -0.0800. The number of hydrogen-bond donors (Lipinski definition) is 1. The molecule has 0 unspecified atom stereocenters. The Bertz CT molecular complexity index is 106. The van der Waals surface area contributed by atoms with Crippen molar-refractivity contribution in [2.75, 3.05) is 6.61 Å². The molecule has 1 aliphatic carbocycles. The molecule has 2 heteroatoms. The molecule has 0 amide bonds. The molecule has 0 aromatic heterocycles. The minimum Gasteiger partial charge on any atom is -0.390 e. The van der Waals surface area contributed by atoms with E-state index in [2.05, 4.69) is 0 Å². The van der Waals surface area contributed by atoms with E-state index in [0.29, 0.717) is 6.10 Å². The molecule has 0 spiro atoms. The predicted molar refractivity (Wildman–Crippen MR) is 39.9 cm³/mol. The van der Waals surface area contributed by atoms with E-state index in [-0.39, 0.29) is 5.60 Å². The van der Waals surface area contributed by atoms with Gasteiger partial charge in [0.2, 0.25) is 0 Å². The Morgan fingerprint density at radius 2 is 2.10 bits per heavy atom. The molecule has 10 heavy (non-hydrogen) atoms. The van der Waals surface area contributed by atoms with Crippen molar-refractivity contribution in [3.8, 4) is 0 Å². The topological polar surface area (TPSA) is 29.5 Å². The summed E-state index contributed by atoms with van der Waals surface area (Å²) in [6.07, 6.45) is 2.85. The van der Waals surface area contributed by atoms with Gasteiger partial charge in [0, 0.05) is 19.4 Å². The van der Waals surface area contributed by atoms with Gasteiger partial charge in [0.05, 0.1) is 11.7 Å². The van der Waals surface area contributed by atoms with Gasteiger partial charge in [-0.15, -0.1) is 0 Å². The highest BCUT2D eigenvalue weighted by Crippen LogP contribution is 2.36. The van der Waals surface area contributed by atoms with Crippen LogP contribution in [0.4, 0.5) is 0 Å². The average molecular weight is 144 g/mol. The van der Waals surface area contributed by atoms with E-state index in [0.717, 1.165) is 25.9 Å². The fourth-order valence-corrected chi connectivity index (χ4v) is 1.43. The number of hydrogen-bond acceptors (Lipinski definition) is 2. The van der Waals surface area contributed by atoms with Crippen molar-refractivity contribution in [1.29, 1.82) is 0 Å². The third-order valence-corrected chi connectivity index (χ3v) is 2.28. The lowest BCUT2D eigenvalue weighted by Crippen LogP contribution is -2.47. The van der Waals surface area contributed by atoms with Crippen LogP contribution in [0.15, 0.2) is 0 Å². The molecule has 0 saturated heterocycles. The van der Waals surface area contributed by atoms with Gasteiger partial charge >= 0.3 is 0 Å². The lowest BCUT2D eigenvalue weighted by molar-refractivity contribution is -0.138. The molecule has 1 rings (SSSR count). The highest BCUT2D eigenvalue weighted by molar-refractivity contribution is 4.93. The molecular weight excluding hydrogens is 128 g/mol. The zero-order valence-corrected chi connectivity index (χ0v) is 6.76. The van der Waals surface area contributed by atoms with Crippen molar-refractivity contribution >= 4 is 0 Å². The summed E-state index contributed by atoms with van der Waals surface area (Å²) in [4.78, 5) is 0. The van der Waals surface area contributed by atoms with Gasteiger partial charge in [0.25, 0.3) is 0 Å². The average Bonchev–Trinajstić information content (AvgIpc) is 1.85. The van der Waals surface area contributed by atoms with Crippen LogP contribution in [0.2, 0.25) is 0 Å². The van der Waals surface area contributed by atoms with E-state index in [1.54, 1.807) is 0 Å². The maximum atomic E-state index is 9.54. The molecular formula is C8H16O2. The molecule has 1 aliphatic rings. The summed E-state index contributed by atoms with van der Waals surface area (Å²) in [5.41, 5.74) is -0.389.